The van der Waals surface area contributed by atoms with Crippen molar-refractivity contribution in [2.75, 3.05) is 18.9 Å². The second-order valence-electron chi connectivity index (χ2n) is 6.64. The summed E-state index contributed by atoms with van der Waals surface area (Å²) in [5.74, 6) is 0.147. The molecule has 0 radical (unpaired) electrons. The van der Waals surface area contributed by atoms with Gasteiger partial charge in [-0.05, 0) is 61.7 Å². The Morgan fingerprint density at radius 3 is 2.65 bits per heavy atom. The maximum atomic E-state index is 12.5. The number of hydrogen-bond donors (Lipinski definition) is 2. The van der Waals surface area contributed by atoms with Gasteiger partial charge in [0.05, 0.1) is 5.41 Å². The fourth-order valence-electron chi connectivity index (χ4n) is 3.30. The number of hydrogen-bond acceptors (Lipinski definition) is 2. The first kappa shape index (κ1) is 15.8. The molecule has 2 aromatic rings. The molecule has 2 aromatic carbocycles. The summed E-state index contributed by atoms with van der Waals surface area (Å²) >= 11 is 0. The zero-order valence-corrected chi connectivity index (χ0v) is 13.9. The van der Waals surface area contributed by atoms with Crippen LogP contribution in [0.3, 0.4) is 0 Å². The Morgan fingerprint density at radius 2 is 1.91 bits per heavy atom. The molecule has 0 fully saturated rings. The third-order valence-electron chi connectivity index (χ3n) is 4.74. The lowest BCUT2D eigenvalue weighted by Crippen LogP contribution is -2.40. The Morgan fingerprint density at radius 1 is 1.13 bits per heavy atom. The number of benzene rings is 2. The van der Waals surface area contributed by atoms with Crippen LogP contribution >= 0.6 is 0 Å². The van der Waals surface area contributed by atoms with Crippen LogP contribution in [0.5, 0.6) is 0 Å². The highest BCUT2D eigenvalue weighted by atomic mass is 16.2. The molecule has 1 unspecified atom stereocenters. The van der Waals surface area contributed by atoms with E-state index < -0.39 is 0 Å². The predicted molar refractivity (Wildman–Crippen MR) is 95.5 cm³/mol. The number of nitrogens with one attached hydrogen (secondary N) is 2. The van der Waals surface area contributed by atoms with Crippen LogP contribution in [0.1, 0.15) is 25.3 Å². The molecule has 1 aliphatic rings. The van der Waals surface area contributed by atoms with Gasteiger partial charge < -0.3 is 10.6 Å². The molecule has 0 spiro atoms. The smallest absolute Gasteiger partial charge is 0.230 e. The Bertz CT molecular complexity index is 696. The highest BCUT2D eigenvalue weighted by molar-refractivity contribution is 5.98. The number of amides is 1. The monoisotopic (exact) mass is 308 g/mol. The van der Waals surface area contributed by atoms with Crippen LogP contribution in [-0.2, 0) is 11.2 Å². The molecule has 3 heteroatoms. The summed E-state index contributed by atoms with van der Waals surface area (Å²) < 4.78 is 0. The Hall–Kier alpha value is -2.13. The summed E-state index contributed by atoms with van der Waals surface area (Å²) in [6, 6.07) is 16.7. The summed E-state index contributed by atoms with van der Waals surface area (Å²) in [6.45, 7) is 3.02. The minimum atomic E-state index is -0.320. The van der Waals surface area contributed by atoms with Gasteiger partial charge in [0.2, 0.25) is 5.91 Å². The highest BCUT2D eigenvalue weighted by Crippen LogP contribution is 2.38. The number of anilines is 1. The molecule has 1 atom stereocenters. The SMILES string of the molecule is CNCCCC1(C)Cc2cc(-c3ccccc3)ccc2NC1=O. The third kappa shape index (κ3) is 3.30. The lowest BCUT2D eigenvalue weighted by Gasteiger charge is -2.34. The van der Waals surface area contributed by atoms with Crippen LogP contribution in [0.25, 0.3) is 11.1 Å². The van der Waals surface area contributed by atoms with E-state index in [1.54, 1.807) is 0 Å². The standard InChI is InChI=1S/C20H24N2O/c1-20(11-6-12-21-2)14-17-13-16(15-7-4-3-5-8-15)9-10-18(17)22-19(20)23/h3-5,7-10,13,21H,6,11-12,14H2,1-2H3,(H,22,23). The second kappa shape index (κ2) is 6.55. The largest absolute Gasteiger partial charge is 0.325 e. The van der Waals surface area contributed by atoms with E-state index in [9.17, 15) is 4.79 Å². The first-order chi connectivity index (χ1) is 11.1. The summed E-state index contributed by atoms with van der Waals surface area (Å²) in [5.41, 5.74) is 4.29. The van der Waals surface area contributed by atoms with Gasteiger partial charge in [-0.3, -0.25) is 4.79 Å². The van der Waals surface area contributed by atoms with Gasteiger partial charge >= 0.3 is 0 Å². The average molecular weight is 308 g/mol. The number of rotatable bonds is 5. The topological polar surface area (TPSA) is 41.1 Å². The van der Waals surface area contributed by atoms with E-state index in [2.05, 4.69) is 54.0 Å². The molecule has 3 nitrogen and oxygen atoms in total. The molecular formula is C20H24N2O. The van der Waals surface area contributed by atoms with Crippen molar-refractivity contribution in [2.45, 2.75) is 26.2 Å². The average Bonchev–Trinajstić information content (AvgIpc) is 2.57. The van der Waals surface area contributed by atoms with Crippen LogP contribution in [0.4, 0.5) is 5.69 Å². The van der Waals surface area contributed by atoms with Crippen molar-refractivity contribution < 1.29 is 4.79 Å². The van der Waals surface area contributed by atoms with Crippen molar-refractivity contribution in [3.05, 3.63) is 54.1 Å². The van der Waals surface area contributed by atoms with E-state index in [1.165, 1.54) is 16.7 Å². The molecule has 1 amide bonds. The molecule has 0 bridgehead atoms. The molecule has 1 aliphatic heterocycles. The van der Waals surface area contributed by atoms with Crippen molar-refractivity contribution in [1.82, 2.24) is 5.32 Å². The van der Waals surface area contributed by atoms with Crippen LogP contribution in [0, 0.1) is 5.41 Å². The van der Waals surface area contributed by atoms with Gasteiger partial charge in [0.15, 0.2) is 0 Å². The molecule has 0 saturated heterocycles. The van der Waals surface area contributed by atoms with Crippen LogP contribution in [0.2, 0.25) is 0 Å². The molecule has 23 heavy (non-hydrogen) atoms. The van der Waals surface area contributed by atoms with Crippen molar-refractivity contribution in [3.8, 4) is 11.1 Å². The Labute approximate surface area is 138 Å². The lowest BCUT2D eigenvalue weighted by molar-refractivity contribution is -0.125. The highest BCUT2D eigenvalue weighted by Gasteiger charge is 2.37. The third-order valence-corrected chi connectivity index (χ3v) is 4.74. The number of fused-ring (bicyclic) bond motifs is 1. The van der Waals surface area contributed by atoms with Gasteiger partial charge in [-0.15, -0.1) is 0 Å². The first-order valence-corrected chi connectivity index (χ1v) is 8.27. The lowest BCUT2D eigenvalue weighted by atomic mass is 9.75. The minimum Gasteiger partial charge on any atom is -0.325 e. The van der Waals surface area contributed by atoms with Crippen molar-refractivity contribution in [2.24, 2.45) is 5.41 Å². The van der Waals surface area contributed by atoms with Crippen LogP contribution in [-0.4, -0.2) is 19.5 Å². The Balaban J connectivity index is 1.87. The van der Waals surface area contributed by atoms with E-state index in [0.29, 0.717) is 0 Å². The quantitative estimate of drug-likeness (QED) is 0.824. The van der Waals surface area contributed by atoms with Gasteiger partial charge in [-0.1, -0.05) is 43.3 Å². The van der Waals surface area contributed by atoms with Gasteiger partial charge in [-0.25, -0.2) is 0 Å². The first-order valence-electron chi connectivity index (χ1n) is 8.27. The maximum absolute atomic E-state index is 12.5. The van der Waals surface area contributed by atoms with E-state index in [-0.39, 0.29) is 11.3 Å². The van der Waals surface area contributed by atoms with Crippen LogP contribution in [0.15, 0.2) is 48.5 Å². The molecule has 0 aliphatic carbocycles. The van der Waals surface area contributed by atoms with Crippen LogP contribution < -0.4 is 10.6 Å². The van der Waals surface area contributed by atoms with E-state index in [4.69, 9.17) is 0 Å². The zero-order valence-electron chi connectivity index (χ0n) is 13.9. The molecule has 3 rings (SSSR count). The predicted octanol–water partition coefficient (Wildman–Crippen LogP) is 3.85. The van der Waals surface area contributed by atoms with Gasteiger partial charge in [0.1, 0.15) is 0 Å². The van der Waals surface area contributed by atoms with E-state index >= 15 is 0 Å². The normalized spacial score (nSPS) is 20.0. The fraction of sp³-hybridized carbons (Fsp3) is 0.350. The van der Waals surface area contributed by atoms with Crippen molar-refractivity contribution >= 4 is 11.6 Å². The summed E-state index contributed by atoms with van der Waals surface area (Å²) in [6.07, 6.45) is 2.71. The zero-order chi connectivity index (χ0) is 16.3. The molecule has 0 saturated carbocycles. The Kier molecular flexibility index (Phi) is 4.49. The minimum absolute atomic E-state index is 0.147. The number of carbonyl (C=O) groups excluding carboxylic acids is 1. The van der Waals surface area contributed by atoms with Gasteiger partial charge in [0.25, 0.3) is 0 Å². The molecule has 0 aromatic heterocycles. The summed E-state index contributed by atoms with van der Waals surface area (Å²) in [4.78, 5) is 12.5. The number of carbonyl (C=O) groups is 1. The molecule has 1 heterocycles. The summed E-state index contributed by atoms with van der Waals surface area (Å²) in [5, 5.41) is 6.25. The fourth-order valence-corrected chi connectivity index (χ4v) is 3.30. The summed E-state index contributed by atoms with van der Waals surface area (Å²) in [7, 11) is 1.95. The van der Waals surface area contributed by atoms with Crippen molar-refractivity contribution in [1.29, 1.82) is 0 Å². The van der Waals surface area contributed by atoms with Gasteiger partial charge in [-0.2, -0.15) is 0 Å². The maximum Gasteiger partial charge on any atom is 0.230 e. The van der Waals surface area contributed by atoms with Gasteiger partial charge in [0, 0.05) is 5.69 Å². The molecular weight excluding hydrogens is 284 g/mol. The second-order valence-corrected chi connectivity index (χ2v) is 6.64. The van der Waals surface area contributed by atoms with Crippen molar-refractivity contribution in [3.63, 3.8) is 0 Å². The molecule has 2 N–H and O–H groups in total. The van der Waals surface area contributed by atoms with E-state index in [1.807, 2.05) is 19.2 Å². The van der Waals surface area contributed by atoms with E-state index in [0.717, 1.165) is 31.5 Å². The molecule has 120 valence electrons.